The van der Waals surface area contributed by atoms with E-state index in [1.807, 2.05) is 43.3 Å². The third-order valence-corrected chi connectivity index (χ3v) is 5.01. The van der Waals surface area contributed by atoms with Gasteiger partial charge in [-0.25, -0.2) is 9.97 Å². The Bertz CT molecular complexity index is 1180. The van der Waals surface area contributed by atoms with Crippen molar-refractivity contribution in [1.29, 1.82) is 0 Å². The number of fused-ring (bicyclic) bond motifs is 1. The first-order valence-electron chi connectivity index (χ1n) is 9.12. The van der Waals surface area contributed by atoms with Crippen LogP contribution in [-0.4, -0.2) is 31.3 Å². The van der Waals surface area contributed by atoms with Crippen molar-refractivity contribution < 1.29 is 18.6 Å². The fourth-order valence-corrected chi connectivity index (χ4v) is 3.46. The van der Waals surface area contributed by atoms with E-state index in [1.54, 1.807) is 21.3 Å². The molecular formula is C22H20ClN3O4. The van der Waals surface area contributed by atoms with Gasteiger partial charge in [0.05, 0.1) is 26.7 Å². The molecule has 0 saturated carbocycles. The monoisotopic (exact) mass is 425 g/mol. The van der Waals surface area contributed by atoms with E-state index in [2.05, 4.69) is 15.3 Å². The lowest BCUT2D eigenvalue weighted by molar-refractivity contribution is 0.324. The van der Waals surface area contributed by atoms with E-state index in [-0.39, 0.29) is 0 Å². The van der Waals surface area contributed by atoms with Crippen LogP contribution in [0.25, 0.3) is 22.4 Å². The minimum Gasteiger partial charge on any atom is -0.493 e. The summed E-state index contributed by atoms with van der Waals surface area (Å²) in [6, 6.07) is 11.1. The van der Waals surface area contributed by atoms with Crippen molar-refractivity contribution in [3.8, 4) is 28.6 Å². The van der Waals surface area contributed by atoms with Crippen LogP contribution in [0.3, 0.4) is 0 Å². The van der Waals surface area contributed by atoms with Crippen LogP contribution in [0.4, 0.5) is 11.5 Å². The van der Waals surface area contributed by atoms with Crippen LogP contribution in [0, 0.1) is 6.92 Å². The number of aryl methyl sites for hydroxylation is 1. The van der Waals surface area contributed by atoms with E-state index in [4.69, 9.17) is 30.2 Å². The second-order valence-electron chi connectivity index (χ2n) is 6.50. The maximum atomic E-state index is 6.03. The molecule has 0 spiro atoms. The predicted octanol–water partition coefficient (Wildman–Crippen LogP) is 5.62. The number of rotatable bonds is 6. The van der Waals surface area contributed by atoms with Gasteiger partial charge in [0.1, 0.15) is 17.9 Å². The normalized spacial score (nSPS) is 10.8. The summed E-state index contributed by atoms with van der Waals surface area (Å²) in [7, 11) is 4.71. The third kappa shape index (κ3) is 3.48. The summed E-state index contributed by atoms with van der Waals surface area (Å²) < 4.78 is 22.3. The van der Waals surface area contributed by atoms with Crippen LogP contribution in [0.5, 0.6) is 17.2 Å². The zero-order valence-electron chi connectivity index (χ0n) is 16.9. The third-order valence-electron chi connectivity index (χ3n) is 4.76. The Morgan fingerprint density at radius 2 is 1.60 bits per heavy atom. The number of aromatic nitrogens is 2. The molecule has 0 atom stereocenters. The Kier molecular flexibility index (Phi) is 5.37. The summed E-state index contributed by atoms with van der Waals surface area (Å²) >= 11 is 6.01. The fraction of sp³-hybridized carbons (Fsp3) is 0.182. The lowest BCUT2D eigenvalue weighted by Gasteiger charge is -2.15. The molecule has 0 unspecified atom stereocenters. The van der Waals surface area contributed by atoms with Gasteiger partial charge in [-0.05, 0) is 31.2 Å². The van der Waals surface area contributed by atoms with E-state index in [1.165, 1.54) is 6.33 Å². The van der Waals surface area contributed by atoms with Crippen molar-refractivity contribution in [1.82, 2.24) is 9.97 Å². The number of ether oxygens (including phenoxy) is 3. The van der Waals surface area contributed by atoms with Crippen LogP contribution in [0.1, 0.15) is 5.56 Å². The average molecular weight is 426 g/mol. The van der Waals surface area contributed by atoms with Crippen LogP contribution >= 0.6 is 11.6 Å². The van der Waals surface area contributed by atoms with Crippen molar-refractivity contribution in [2.75, 3.05) is 26.6 Å². The molecule has 1 N–H and O–H groups in total. The standard InChI is InChI=1S/C22H20ClN3O4/c1-12-18-21(26-15-9-16(27-2)20(29-4)17(10-15)28-3)24-11-25-22(18)30-19(12)13-5-7-14(23)8-6-13/h5-11H,1-4H3,(H,24,25,26). The van der Waals surface area contributed by atoms with Crippen LogP contribution in [0.15, 0.2) is 47.1 Å². The number of methoxy groups -OCH3 is 3. The molecule has 154 valence electrons. The molecule has 0 aliphatic carbocycles. The first-order valence-corrected chi connectivity index (χ1v) is 9.50. The van der Waals surface area contributed by atoms with Gasteiger partial charge in [-0.15, -0.1) is 0 Å². The number of nitrogens with zero attached hydrogens (tertiary/aromatic N) is 2. The molecule has 30 heavy (non-hydrogen) atoms. The molecule has 0 aliphatic rings. The van der Waals surface area contributed by atoms with Crippen LogP contribution in [-0.2, 0) is 0 Å². The summed E-state index contributed by atoms with van der Waals surface area (Å²) in [5.41, 5.74) is 3.04. The zero-order valence-corrected chi connectivity index (χ0v) is 17.7. The van der Waals surface area contributed by atoms with Crippen molar-refractivity contribution in [3.05, 3.63) is 53.3 Å². The first-order chi connectivity index (χ1) is 14.5. The molecule has 0 fully saturated rings. The van der Waals surface area contributed by atoms with Gasteiger partial charge in [-0.3, -0.25) is 0 Å². The highest BCUT2D eigenvalue weighted by atomic mass is 35.5. The Morgan fingerprint density at radius 3 is 2.20 bits per heavy atom. The summed E-state index contributed by atoms with van der Waals surface area (Å²) in [6.45, 7) is 1.97. The van der Waals surface area contributed by atoms with E-state index >= 15 is 0 Å². The molecule has 8 heteroatoms. The molecule has 4 rings (SSSR count). The Labute approximate surface area is 178 Å². The van der Waals surface area contributed by atoms with Gasteiger partial charge < -0.3 is 23.9 Å². The summed E-state index contributed by atoms with van der Waals surface area (Å²) in [4.78, 5) is 8.71. The zero-order chi connectivity index (χ0) is 21.3. The van der Waals surface area contributed by atoms with E-state index < -0.39 is 0 Å². The quantitative estimate of drug-likeness (QED) is 0.429. The van der Waals surface area contributed by atoms with Gasteiger partial charge in [0.2, 0.25) is 11.5 Å². The van der Waals surface area contributed by atoms with Gasteiger partial charge >= 0.3 is 0 Å². The summed E-state index contributed by atoms with van der Waals surface area (Å²) in [6.07, 6.45) is 1.46. The minimum atomic E-state index is 0.488. The maximum Gasteiger partial charge on any atom is 0.232 e. The molecule has 0 amide bonds. The van der Waals surface area contributed by atoms with E-state index in [0.717, 1.165) is 28.0 Å². The number of anilines is 2. The Balaban J connectivity index is 1.80. The molecule has 0 saturated heterocycles. The largest absolute Gasteiger partial charge is 0.493 e. The van der Waals surface area contributed by atoms with Gasteiger partial charge in [0.25, 0.3) is 0 Å². The van der Waals surface area contributed by atoms with Gasteiger partial charge in [0, 0.05) is 34.0 Å². The molecule has 0 aliphatic heterocycles. The summed E-state index contributed by atoms with van der Waals surface area (Å²) in [5.74, 6) is 2.92. The Morgan fingerprint density at radius 1 is 0.933 bits per heavy atom. The molecule has 0 radical (unpaired) electrons. The maximum absolute atomic E-state index is 6.03. The number of hydrogen-bond acceptors (Lipinski definition) is 7. The number of furan rings is 1. The SMILES string of the molecule is COc1cc(Nc2ncnc3oc(-c4ccc(Cl)cc4)c(C)c23)cc(OC)c1OC. The van der Waals surface area contributed by atoms with Crippen molar-refractivity contribution in [2.45, 2.75) is 6.92 Å². The number of nitrogens with one attached hydrogen (secondary N) is 1. The highest BCUT2D eigenvalue weighted by Gasteiger charge is 2.19. The molecular weight excluding hydrogens is 406 g/mol. The van der Waals surface area contributed by atoms with Crippen molar-refractivity contribution in [3.63, 3.8) is 0 Å². The fourth-order valence-electron chi connectivity index (χ4n) is 3.33. The van der Waals surface area contributed by atoms with Crippen LogP contribution in [0.2, 0.25) is 5.02 Å². The first kappa shape index (κ1) is 19.8. The molecule has 7 nitrogen and oxygen atoms in total. The van der Waals surface area contributed by atoms with Crippen molar-refractivity contribution in [2.24, 2.45) is 0 Å². The van der Waals surface area contributed by atoms with Gasteiger partial charge in [-0.2, -0.15) is 0 Å². The van der Waals surface area contributed by atoms with E-state index in [0.29, 0.717) is 33.8 Å². The van der Waals surface area contributed by atoms with Crippen LogP contribution < -0.4 is 19.5 Å². The van der Waals surface area contributed by atoms with E-state index in [9.17, 15) is 0 Å². The van der Waals surface area contributed by atoms with Gasteiger partial charge in [0.15, 0.2) is 11.5 Å². The van der Waals surface area contributed by atoms with Crippen molar-refractivity contribution >= 4 is 34.2 Å². The summed E-state index contributed by atoms with van der Waals surface area (Å²) in [5, 5.41) is 4.77. The molecule has 0 bridgehead atoms. The number of hydrogen-bond donors (Lipinski definition) is 1. The second-order valence-corrected chi connectivity index (χ2v) is 6.94. The number of halogens is 1. The lowest BCUT2D eigenvalue weighted by atomic mass is 10.1. The molecule has 2 heterocycles. The highest BCUT2D eigenvalue weighted by molar-refractivity contribution is 6.30. The molecule has 2 aromatic heterocycles. The lowest BCUT2D eigenvalue weighted by Crippen LogP contribution is -1.99. The van der Waals surface area contributed by atoms with Gasteiger partial charge in [-0.1, -0.05) is 11.6 Å². The smallest absolute Gasteiger partial charge is 0.232 e. The molecule has 4 aromatic rings. The highest BCUT2D eigenvalue weighted by Crippen LogP contribution is 2.42. The predicted molar refractivity (Wildman–Crippen MR) is 116 cm³/mol. The topological polar surface area (TPSA) is 78.6 Å². The molecule has 2 aromatic carbocycles. The minimum absolute atomic E-state index is 0.488. The average Bonchev–Trinajstić information content (AvgIpc) is 3.11. The number of benzene rings is 2. The Hall–Kier alpha value is -3.45. The second kappa shape index (κ2) is 8.12.